The largest absolute Gasteiger partial charge is 0.474 e. The fraction of sp³-hybridized carbons (Fsp3) is 0.300. The van der Waals surface area contributed by atoms with Crippen LogP contribution < -0.4 is 0 Å². The average molecular weight is 306 g/mol. The molecule has 23 heavy (non-hydrogen) atoms. The van der Waals surface area contributed by atoms with Gasteiger partial charge in [-0.05, 0) is 17.5 Å². The summed E-state index contributed by atoms with van der Waals surface area (Å²) in [5.74, 6) is 0.639. The molecule has 2 aromatic carbocycles. The van der Waals surface area contributed by atoms with Crippen molar-refractivity contribution >= 4 is 17.3 Å². The molecule has 0 saturated carbocycles. The van der Waals surface area contributed by atoms with Gasteiger partial charge < -0.3 is 4.74 Å². The van der Waals surface area contributed by atoms with E-state index in [1.54, 1.807) is 0 Å². The van der Waals surface area contributed by atoms with E-state index < -0.39 is 0 Å². The van der Waals surface area contributed by atoms with E-state index in [2.05, 4.69) is 20.8 Å². The summed E-state index contributed by atoms with van der Waals surface area (Å²) in [5.41, 5.74) is 2.79. The molecule has 3 rings (SSSR count). The van der Waals surface area contributed by atoms with E-state index in [0.717, 1.165) is 17.0 Å². The van der Waals surface area contributed by atoms with Crippen molar-refractivity contribution in [2.75, 3.05) is 6.61 Å². The highest BCUT2D eigenvalue weighted by molar-refractivity contribution is 6.46. The first-order valence-corrected chi connectivity index (χ1v) is 7.94. The molecule has 3 heteroatoms. The number of benzene rings is 2. The maximum absolute atomic E-state index is 5.90. The van der Waals surface area contributed by atoms with Gasteiger partial charge in [-0.25, -0.2) is 9.98 Å². The molecule has 0 bridgehead atoms. The molecule has 0 radical (unpaired) electrons. The quantitative estimate of drug-likeness (QED) is 0.760. The van der Waals surface area contributed by atoms with Crippen LogP contribution in [0.5, 0.6) is 0 Å². The zero-order chi connectivity index (χ0) is 16.3. The first-order chi connectivity index (χ1) is 11.0. The fourth-order valence-corrected chi connectivity index (χ4v) is 2.41. The van der Waals surface area contributed by atoms with Gasteiger partial charge in [0.15, 0.2) is 0 Å². The Bertz CT molecular complexity index is 712. The second-order valence-corrected chi connectivity index (χ2v) is 6.79. The van der Waals surface area contributed by atoms with Gasteiger partial charge in [-0.2, -0.15) is 0 Å². The molecule has 1 aliphatic heterocycles. The Balaban J connectivity index is 2.02. The minimum Gasteiger partial charge on any atom is -0.474 e. The van der Waals surface area contributed by atoms with Crippen LogP contribution in [0.3, 0.4) is 0 Å². The lowest BCUT2D eigenvalue weighted by Gasteiger charge is -2.21. The van der Waals surface area contributed by atoms with Crippen LogP contribution in [0, 0.1) is 5.41 Å². The van der Waals surface area contributed by atoms with Gasteiger partial charge >= 0.3 is 0 Å². The summed E-state index contributed by atoms with van der Waals surface area (Å²) < 4.78 is 5.90. The highest BCUT2D eigenvalue weighted by Crippen LogP contribution is 2.27. The van der Waals surface area contributed by atoms with Crippen molar-refractivity contribution < 1.29 is 4.74 Å². The molecule has 0 aromatic heterocycles. The Morgan fingerprint density at radius 3 is 2.17 bits per heavy atom. The molecule has 1 heterocycles. The van der Waals surface area contributed by atoms with E-state index in [-0.39, 0.29) is 11.5 Å². The molecule has 1 atom stereocenters. The van der Waals surface area contributed by atoms with Crippen LogP contribution in [0.4, 0.5) is 5.69 Å². The van der Waals surface area contributed by atoms with Crippen LogP contribution in [0.2, 0.25) is 0 Å². The van der Waals surface area contributed by atoms with Crippen molar-refractivity contribution in [3.05, 3.63) is 66.2 Å². The molecule has 0 fully saturated rings. The van der Waals surface area contributed by atoms with Gasteiger partial charge in [0, 0.05) is 5.56 Å². The Morgan fingerprint density at radius 1 is 1.00 bits per heavy atom. The number of ether oxygens (including phenoxy) is 1. The maximum atomic E-state index is 5.90. The topological polar surface area (TPSA) is 34.0 Å². The van der Waals surface area contributed by atoms with Crippen LogP contribution in [-0.4, -0.2) is 24.3 Å². The van der Waals surface area contributed by atoms with E-state index in [1.165, 1.54) is 0 Å². The van der Waals surface area contributed by atoms with Gasteiger partial charge in [0.25, 0.3) is 0 Å². The zero-order valence-electron chi connectivity index (χ0n) is 13.9. The van der Waals surface area contributed by atoms with Gasteiger partial charge in [-0.1, -0.05) is 69.3 Å². The lowest BCUT2D eigenvalue weighted by atomic mass is 9.88. The predicted molar refractivity (Wildman–Crippen MR) is 95.7 cm³/mol. The third kappa shape index (κ3) is 3.67. The van der Waals surface area contributed by atoms with E-state index in [9.17, 15) is 0 Å². The zero-order valence-corrected chi connectivity index (χ0v) is 13.9. The van der Waals surface area contributed by atoms with E-state index in [0.29, 0.717) is 12.5 Å². The normalized spacial score (nSPS) is 18.5. The van der Waals surface area contributed by atoms with Gasteiger partial charge in [-0.3, -0.25) is 0 Å². The first kappa shape index (κ1) is 15.5. The number of aliphatic imine (C=N–C) groups is 2. The molecule has 1 aliphatic rings. The minimum absolute atomic E-state index is 0.0797. The van der Waals surface area contributed by atoms with Crippen LogP contribution in [0.25, 0.3) is 0 Å². The van der Waals surface area contributed by atoms with E-state index >= 15 is 0 Å². The number of rotatable bonds is 3. The predicted octanol–water partition coefficient (Wildman–Crippen LogP) is 4.65. The third-order valence-corrected chi connectivity index (χ3v) is 3.90. The highest BCUT2D eigenvalue weighted by atomic mass is 16.5. The van der Waals surface area contributed by atoms with Crippen LogP contribution in [0.1, 0.15) is 26.3 Å². The Hall–Kier alpha value is -2.42. The van der Waals surface area contributed by atoms with Crippen molar-refractivity contribution in [2.45, 2.75) is 26.8 Å². The Morgan fingerprint density at radius 2 is 1.61 bits per heavy atom. The van der Waals surface area contributed by atoms with Crippen molar-refractivity contribution in [1.82, 2.24) is 0 Å². The summed E-state index contributed by atoms with van der Waals surface area (Å²) in [5, 5.41) is 0. The molecule has 0 aliphatic carbocycles. The third-order valence-electron chi connectivity index (χ3n) is 3.90. The SMILES string of the molecule is CC(C)(C)[C@H]1COC(C(=Nc2ccccc2)c2ccccc2)=N1. The number of hydrogen-bond donors (Lipinski definition) is 0. The summed E-state index contributed by atoms with van der Waals surface area (Å²) in [4.78, 5) is 9.58. The minimum atomic E-state index is 0.0797. The van der Waals surface area contributed by atoms with Gasteiger partial charge in [-0.15, -0.1) is 0 Å². The van der Waals surface area contributed by atoms with Crippen LogP contribution >= 0.6 is 0 Å². The van der Waals surface area contributed by atoms with Crippen molar-refractivity contribution in [1.29, 1.82) is 0 Å². The smallest absolute Gasteiger partial charge is 0.236 e. The molecule has 0 saturated heterocycles. The standard InChI is InChI=1S/C20H22N2O/c1-20(2,3)17-14-23-19(22-17)18(15-10-6-4-7-11-15)21-16-12-8-5-9-13-16/h4-13,17H,14H2,1-3H3/t17-/m1/s1. The molecule has 118 valence electrons. The second-order valence-electron chi connectivity index (χ2n) is 6.79. The molecule has 0 spiro atoms. The summed E-state index contributed by atoms with van der Waals surface area (Å²) >= 11 is 0. The van der Waals surface area contributed by atoms with Crippen LogP contribution in [-0.2, 0) is 4.74 Å². The fourth-order valence-electron chi connectivity index (χ4n) is 2.41. The van der Waals surface area contributed by atoms with Crippen LogP contribution in [0.15, 0.2) is 70.6 Å². The average Bonchev–Trinajstić information content (AvgIpc) is 3.04. The Labute approximate surface area is 137 Å². The molecule has 0 unspecified atom stereocenters. The number of para-hydroxylation sites is 1. The van der Waals surface area contributed by atoms with E-state index in [1.807, 2.05) is 60.7 Å². The molecule has 0 amide bonds. The van der Waals surface area contributed by atoms with Gasteiger partial charge in [0.1, 0.15) is 12.3 Å². The maximum Gasteiger partial charge on any atom is 0.236 e. The summed E-state index contributed by atoms with van der Waals surface area (Å²) in [7, 11) is 0. The summed E-state index contributed by atoms with van der Waals surface area (Å²) in [6.07, 6.45) is 0. The molecule has 3 nitrogen and oxygen atoms in total. The number of nitrogens with zero attached hydrogens (tertiary/aromatic N) is 2. The highest BCUT2D eigenvalue weighted by Gasteiger charge is 2.32. The van der Waals surface area contributed by atoms with Gasteiger partial charge in [0.2, 0.25) is 5.90 Å². The monoisotopic (exact) mass is 306 g/mol. The molecular weight excluding hydrogens is 284 g/mol. The Kier molecular flexibility index (Phi) is 4.28. The van der Waals surface area contributed by atoms with Crippen molar-refractivity contribution in [3.8, 4) is 0 Å². The number of hydrogen-bond acceptors (Lipinski definition) is 3. The second kappa shape index (κ2) is 6.37. The lowest BCUT2D eigenvalue weighted by molar-refractivity contribution is 0.237. The van der Waals surface area contributed by atoms with Crippen molar-refractivity contribution in [3.63, 3.8) is 0 Å². The molecular formula is C20H22N2O. The summed E-state index contributed by atoms with van der Waals surface area (Å²) in [6, 6.07) is 20.2. The van der Waals surface area contributed by atoms with E-state index in [4.69, 9.17) is 14.7 Å². The first-order valence-electron chi connectivity index (χ1n) is 7.94. The van der Waals surface area contributed by atoms with Crippen molar-refractivity contribution in [2.24, 2.45) is 15.4 Å². The van der Waals surface area contributed by atoms with Gasteiger partial charge in [0.05, 0.1) is 11.7 Å². The lowest BCUT2D eigenvalue weighted by Crippen LogP contribution is -2.25. The summed E-state index contributed by atoms with van der Waals surface area (Å²) in [6.45, 7) is 7.16. The molecule has 0 N–H and O–H groups in total. The molecule has 2 aromatic rings.